The molecule has 0 radical (unpaired) electrons. The summed E-state index contributed by atoms with van der Waals surface area (Å²) in [5.74, 6) is 3.48. The van der Waals surface area contributed by atoms with Crippen LogP contribution in [0.4, 0.5) is 16.3 Å². The Hall–Kier alpha value is -3.95. The zero-order chi connectivity index (χ0) is 22.2. The standard InChI is InChI=1S/C21H26N6O4/c1-14-24-18(13-19(25-14)27-9-5-6-10-27)22-7-8-23-21(28)26-15-11-16(29-2)20(31-4)17(12-15)30-3/h5-6,9-13H,7-8H2,1-4H3,(H,22,24,25)(H2,23,26,28). The van der Waals surface area contributed by atoms with Gasteiger partial charge in [-0.2, -0.15) is 0 Å². The van der Waals surface area contributed by atoms with Gasteiger partial charge in [-0.1, -0.05) is 0 Å². The van der Waals surface area contributed by atoms with Crippen LogP contribution in [0.25, 0.3) is 5.82 Å². The van der Waals surface area contributed by atoms with Crippen LogP contribution in [-0.2, 0) is 0 Å². The lowest BCUT2D eigenvalue weighted by Gasteiger charge is -2.15. The number of ether oxygens (including phenoxy) is 3. The molecule has 10 heteroatoms. The van der Waals surface area contributed by atoms with E-state index in [0.29, 0.717) is 47.7 Å². The van der Waals surface area contributed by atoms with E-state index in [1.54, 1.807) is 12.1 Å². The summed E-state index contributed by atoms with van der Waals surface area (Å²) in [6, 6.07) is 8.67. The molecule has 0 fully saturated rings. The first kappa shape index (κ1) is 21.8. The highest BCUT2D eigenvalue weighted by atomic mass is 16.5. The van der Waals surface area contributed by atoms with E-state index >= 15 is 0 Å². The highest BCUT2D eigenvalue weighted by molar-refractivity contribution is 5.90. The van der Waals surface area contributed by atoms with Gasteiger partial charge in [0.2, 0.25) is 5.75 Å². The number of methoxy groups -OCH3 is 3. The smallest absolute Gasteiger partial charge is 0.319 e. The molecule has 0 atom stereocenters. The van der Waals surface area contributed by atoms with Crippen LogP contribution in [0.3, 0.4) is 0 Å². The molecule has 3 rings (SSSR count). The minimum atomic E-state index is -0.358. The molecular formula is C21H26N6O4. The number of nitrogens with one attached hydrogen (secondary N) is 3. The van der Waals surface area contributed by atoms with Gasteiger partial charge in [0.25, 0.3) is 0 Å². The highest BCUT2D eigenvalue weighted by Gasteiger charge is 2.14. The molecule has 3 N–H and O–H groups in total. The number of amides is 2. The van der Waals surface area contributed by atoms with Crippen LogP contribution < -0.4 is 30.2 Å². The maximum Gasteiger partial charge on any atom is 0.319 e. The van der Waals surface area contributed by atoms with Gasteiger partial charge in [0.1, 0.15) is 17.5 Å². The number of nitrogens with zero attached hydrogens (tertiary/aromatic N) is 3. The Balaban J connectivity index is 1.53. The molecule has 3 aromatic rings. The summed E-state index contributed by atoms with van der Waals surface area (Å²) >= 11 is 0. The fourth-order valence-corrected chi connectivity index (χ4v) is 2.96. The van der Waals surface area contributed by atoms with Gasteiger partial charge < -0.3 is 34.7 Å². The van der Waals surface area contributed by atoms with Crippen molar-refractivity contribution in [2.45, 2.75) is 6.92 Å². The van der Waals surface area contributed by atoms with Crippen LogP contribution in [0.5, 0.6) is 17.2 Å². The second-order valence-electron chi connectivity index (χ2n) is 6.47. The zero-order valence-corrected chi connectivity index (χ0v) is 17.9. The van der Waals surface area contributed by atoms with Crippen LogP contribution in [0.1, 0.15) is 5.82 Å². The van der Waals surface area contributed by atoms with Crippen LogP contribution in [0.2, 0.25) is 0 Å². The fourth-order valence-electron chi connectivity index (χ4n) is 2.96. The average Bonchev–Trinajstić information content (AvgIpc) is 3.30. The van der Waals surface area contributed by atoms with Crippen molar-refractivity contribution in [1.29, 1.82) is 0 Å². The molecule has 31 heavy (non-hydrogen) atoms. The number of carbonyl (C=O) groups is 1. The molecule has 0 saturated heterocycles. The third-order valence-electron chi connectivity index (χ3n) is 4.33. The number of aryl methyl sites for hydroxylation is 1. The summed E-state index contributed by atoms with van der Waals surface area (Å²) in [4.78, 5) is 21.1. The first-order chi connectivity index (χ1) is 15.0. The SMILES string of the molecule is COc1cc(NC(=O)NCCNc2cc(-n3cccc3)nc(C)n2)cc(OC)c1OC. The predicted molar refractivity (Wildman–Crippen MR) is 118 cm³/mol. The van der Waals surface area contributed by atoms with Crippen molar-refractivity contribution in [2.24, 2.45) is 0 Å². The van der Waals surface area contributed by atoms with Gasteiger partial charge in [-0.3, -0.25) is 0 Å². The average molecular weight is 426 g/mol. The number of carbonyl (C=O) groups excluding carboxylic acids is 1. The minimum Gasteiger partial charge on any atom is -0.493 e. The molecule has 0 aliphatic heterocycles. The van der Waals surface area contributed by atoms with Gasteiger partial charge in [0.05, 0.1) is 27.0 Å². The minimum absolute atomic E-state index is 0.358. The largest absolute Gasteiger partial charge is 0.493 e. The molecule has 2 heterocycles. The molecular weight excluding hydrogens is 400 g/mol. The number of hydrogen-bond acceptors (Lipinski definition) is 7. The number of urea groups is 1. The van der Waals surface area contributed by atoms with E-state index in [4.69, 9.17) is 14.2 Å². The maximum atomic E-state index is 12.2. The summed E-state index contributed by atoms with van der Waals surface area (Å²) in [5, 5.41) is 8.74. The van der Waals surface area contributed by atoms with Crippen molar-refractivity contribution >= 4 is 17.5 Å². The van der Waals surface area contributed by atoms with Gasteiger partial charge in [0.15, 0.2) is 11.5 Å². The first-order valence-corrected chi connectivity index (χ1v) is 9.61. The Morgan fingerprint density at radius 2 is 1.65 bits per heavy atom. The summed E-state index contributed by atoms with van der Waals surface area (Å²) in [6.45, 7) is 2.71. The summed E-state index contributed by atoms with van der Waals surface area (Å²) in [6.07, 6.45) is 3.83. The van der Waals surface area contributed by atoms with Crippen LogP contribution in [-0.4, -0.2) is 55.0 Å². The molecule has 0 unspecified atom stereocenters. The van der Waals surface area contributed by atoms with Gasteiger partial charge in [-0.05, 0) is 19.1 Å². The van der Waals surface area contributed by atoms with Crippen molar-refractivity contribution in [1.82, 2.24) is 19.9 Å². The predicted octanol–water partition coefficient (Wildman–Crippen LogP) is 2.84. The lowest BCUT2D eigenvalue weighted by Crippen LogP contribution is -2.32. The third-order valence-corrected chi connectivity index (χ3v) is 4.33. The molecule has 0 spiro atoms. The van der Waals surface area contributed by atoms with E-state index < -0.39 is 0 Å². The maximum absolute atomic E-state index is 12.2. The molecule has 2 amide bonds. The second kappa shape index (κ2) is 10.2. The van der Waals surface area contributed by atoms with E-state index in [1.165, 1.54) is 21.3 Å². The van der Waals surface area contributed by atoms with Crippen molar-refractivity contribution < 1.29 is 19.0 Å². The highest BCUT2D eigenvalue weighted by Crippen LogP contribution is 2.39. The Morgan fingerprint density at radius 1 is 0.968 bits per heavy atom. The monoisotopic (exact) mass is 426 g/mol. The summed E-state index contributed by atoms with van der Waals surface area (Å²) < 4.78 is 17.8. The molecule has 0 aliphatic carbocycles. The topological polar surface area (TPSA) is 112 Å². The van der Waals surface area contributed by atoms with Gasteiger partial charge >= 0.3 is 6.03 Å². The van der Waals surface area contributed by atoms with Crippen molar-refractivity contribution in [3.05, 3.63) is 48.5 Å². The fraction of sp³-hybridized carbons (Fsp3) is 0.286. The second-order valence-corrected chi connectivity index (χ2v) is 6.47. The van der Waals surface area contributed by atoms with E-state index in [2.05, 4.69) is 25.9 Å². The molecule has 10 nitrogen and oxygen atoms in total. The number of anilines is 2. The number of hydrogen-bond donors (Lipinski definition) is 3. The van der Waals surface area contributed by atoms with Crippen LogP contribution in [0, 0.1) is 6.92 Å². The van der Waals surface area contributed by atoms with Crippen molar-refractivity contribution in [2.75, 3.05) is 45.1 Å². The van der Waals surface area contributed by atoms with E-state index in [1.807, 2.05) is 42.1 Å². The van der Waals surface area contributed by atoms with Crippen LogP contribution in [0.15, 0.2) is 42.7 Å². The summed E-state index contributed by atoms with van der Waals surface area (Å²) in [7, 11) is 4.56. The number of aromatic nitrogens is 3. The van der Waals surface area contributed by atoms with Crippen LogP contribution >= 0.6 is 0 Å². The van der Waals surface area contributed by atoms with Gasteiger partial charge in [-0.15, -0.1) is 0 Å². The third kappa shape index (κ3) is 5.56. The van der Waals surface area contributed by atoms with Crippen molar-refractivity contribution in [3.8, 4) is 23.1 Å². The number of benzene rings is 1. The Kier molecular flexibility index (Phi) is 7.15. The Labute approximate surface area is 180 Å². The molecule has 2 aromatic heterocycles. The normalized spacial score (nSPS) is 10.3. The van der Waals surface area contributed by atoms with E-state index in [9.17, 15) is 4.79 Å². The van der Waals surface area contributed by atoms with Gasteiger partial charge in [0, 0.05) is 43.7 Å². The van der Waals surface area contributed by atoms with E-state index in [0.717, 1.165) is 5.82 Å². The zero-order valence-electron chi connectivity index (χ0n) is 17.9. The lowest BCUT2D eigenvalue weighted by molar-refractivity contribution is 0.252. The molecule has 0 saturated carbocycles. The Morgan fingerprint density at radius 3 is 2.26 bits per heavy atom. The molecule has 0 aliphatic rings. The number of rotatable bonds is 9. The first-order valence-electron chi connectivity index (χ1n) is 9.61. The quantitative estimate of drug-likeness (QED) is 0.451. The van der Waals surface area contributed by atoms with E-state index in [-0.39, 0.29) is 6.03 Å². The molecule has 0 bridgehead atoms. The van der Waals surface area contributed by atoms with Gasteiger partial charge in [-0.25, -0.2) is 14.8 Å². The van der Waals surface area contributed by atoms with Crippen molar-refractivity contribution in [3.63, 3.8) is 0 Å². The lowest BCUT2D eigenvalue weighted by atomic mass is 10.2. The molecule has 164 valence electrons. The Bertz CT molecular complexity index is 998. The molecule has 1 aromatic carbocycles. The summed E-state index contributed by atoms with van der Waals surface area (Å²) in [5.41, 5.74) is 0.516.